The molecule has 0 atom stereocenters. The maximum atomic E-state index is 13.2. The zero-order valence-electron chi connectivity index (χ0n) is 17.1. The Kier molecular flexibility index (Phi) is 7.65. The van der Waals surface area contributed by atoms with Crippen LogP contribution in [0.15, 0.2) is 48.5 Å². The first-order valence-electron chi connectivity index (χ1n) is 9.68. The number of nitrogens with one attached hydrogen (secondary N) is 2. The van der Waals surface area contributed by atoms with Crippen molar-refractivity contribution in [3.8, 4) is 5.75 Å². The number of hydrogen-bond acceptors (Lipinski definition) is 4. The number of benzene rings is 2. The van der Waals surface area contributed by atoms with E-state index in [-0.39, 0.29) is 16.5 Å². The number of amides is 2. The number of rotatable bonds is 8. The quantitative estimate of drug-likeness (QED) is 0.429. The Morgan fingerprint density at radius 1 is 1.10 bits per heavy atom. The van der Waals surface area contributed by atoms with Crippen molar-refractivity contribution in [1.29, 1.82) is 0 Å². The average Bonchev–Trinajstić information content (AvgIpc) is 3.07. The van der Waals surface area contributed by atoms with E-state index < -0.39 is 11.7 Å². The molecule has 2 amide bonds. The van der Waals surface area contributed by atoms with Crippen molar-refractivity contribution in [1.82, 2.24) is 5.32 Å². The summed E-state index contributed by atoms with van der Waals surface area (Å²) in [6.07, 6.45) is 0.663. The lowest BCUT2D eigenvalue weighted by atomic mass is 10.2. The van der Waals surface area contributed by atoms with Gasteiger partial charge in [-0.05, 0) is 67.8 Å². The van der Waals surface area contributed by atoms with Crippen LogP contribution >= 0.6 is 22.9 Å². The lowest BCUT2D eigenvalue weighted by Crippen LogP contribution is -2.25. The van der Waals surface area contributed by atoms with Crippen molar-refractivity contribution in [3.05, 3.63) is 80.9 Å². The zero-order valence-corrected chi connectivity index (χ0v) is 18.7. The maximum Gasteiger partial charge on any atom is 0.261 e. The van der Waals surface area contributed by atoms with Gasteiger partial charge < -0.3 is 15.4 Å². The number of carbonyl (C=O) groups is 2. The van der Waals surface area contributed by atoms with Crippen LogP contribution in [-0.4, -0.2) is 25.0 Å². The molecule has 162 valence electrons. The van der Waals surface area contributed by atoms with Crippen molar-refractivity contribution in [2.45, 2.75) is 20.3 Å². The Bertz CT molecular complexity index is 1100. The van der Waals surface area contributed by atoms with E-state index in [2.05, 4.69) is 10.6 Å². The molecule has 0 fully saturated rings. The molecule has 3 aromatic rings. The highest BCUT2D eigenvalue weighted by Gasteiger charge is 2.17. The van der Waals surface area contributed by atoms with E-state index in [4.69, 9.17) is 16.3 Å². The van der Waals surface area contributed by atoms with Crippen LogP contribution in [0, 0.1) is 19.7 Å². The fraction of sp³-hybridized carbons (Fsp3) is 0.217. The maximum absolute atomic E-state index is 13.2. The molecule has 0 saturated carbocycles. The smallest absolute Gasteiger partial charge is 0.261 e. The molecule has 0 saturated heterocycles. The van der Waals surface area contributed by atoms with Crippen LogP contribution in [0.2, 0.25) is 5.02 Å². The molecule has 0 unspecified atom stereocenters. The van der Waals surface area contributed by atoms with E-state index >= 15 is 0 Å². The third-order valence-corrected chi connectivity index (χ3v) is 5.87. The summed E-state index contributed by atoms with van der Waals surface area (Å²) in [6, 6.07) is 13.1. The monoisotopic (exact) mass is 460 g/mol. The molecule has 1 aromatic heterocycles. The minimum Gasteiger partial charge on any atom is -0.494 e. The highest BCUT2D eigenvalue weighted by atomic mass is 35.5. The lowest BCUT2D eigenvalue weighted by Gasteiger charge is -2.08. The van der Waals surface area contributed by atoms with Crippen LogP contribution in [0.5, 0.6) is 5.75 Å². The molecule has 0 aliphatic heterocycles. The number of aryl methyl sites for hydroxylation is 2. The molecule has 3 rings (SSSR count). The average molecular weight is 461 g/mol. The first-order chi connectivity index (χ1) is 14.8. The molecule has 5 nitrogen and oxygen atoms in total. The molecule has 0 aliphatic rings. The number of hydrogen-bond donors (Lipinski definition) is 2. The van der Waals surface area contributed by atoms with Crippen LogP contribution in [0.4, 0.5) is 9.39 Å². The van der Waals surface area contributed by atoms with Gasteiger partial charge in [-0.25, -0.2) is 4.39 Å². The van der Waals surface area contributed by atoms with Gasteiger partial charge in [-0.2, -0.15) is 0 Å². The summed E-state index contributed by atoms with van der Waals surface area (Å²) in [5, 5.41) is 6.11. The van der Waals surface area contributed by atoms with Gasteiger partial charge >= 0.3 is 0 Å². The van der Waals surface area contributed by atoms with Crippen LogP contribution < -0.4 is 15.4 Å². The molecule has 0 bridgehead atoms. The normalized spacial score (nSPS) is 10.6. The molecule has 31 heavy (non-hydrogen) atoms. The van der Waals surface area contributed by atoms with E-state index in [0.717, 1.165) is 22.9 Å². The molecule has 0 radical (unpaired) electrons. The van der Waals surface area contributed by atoms with Crippen molar-refractivity contribution in [3.63, 3.8) is 0 Å². The standard InChI is InChI=1S/C23H22ClFN2O3S/c1-14-5-3-6-17(11-14)30-10-4-9-26-23(29)21-15(2)12-20(31-21)27-22(28)18-8-7-16(25)13-19(18)24/h3,5-8,11-13H,4,9-10H2,1-2H3,(H,26,29)(H,27,28). The summed E-state index contributed by atoms with van der Waals surface area (Å²) in [7, 11) is 0. The Balaban J connectivity index is 1.50. The third kappa shape index (κ3) is 6.29. The molecule has 0 aliphatic carbocycles. The Morgan fingerprint density at radius 2 is 1.90 bits per heavy atom. The van der Waals surface area contributed by atoms with E-state index in [1.54, 1.807) is 13.0 Å². The second-order valence-electron chi connectivity index (χ2n) is 6.98. The van der Waals surface area contributed by atoms with Gasteiger partial charge in [0.05, 0.1) is 27.1 Å². The zero-order chi connectivity index (χ0) is 22.4. The van der Waals surface area contributed by atoms with E-state index in [1.165, 1.54) is 23.5 Å². The van der Waals surface area contributed by atoms with Gasteiger partial charge in [0.2, 0.25) is 0 Å². The van der Waals surface area contributed by atoms with Crippen molar-refractivity contribution in [2.75, 3.05) is 18.5 Å². The van der Waals surface area contributed by atoms with E-state index in [1.807, 2.05) is 31.2 Å². The van der Waals surface area contributed by atoms with Gasteiger partial charge in [0.25, 0.3) is 11.8 Å². The summed E-state index contributed by atoms with van der Waals surface area (Å²) in [6.45, 7) is 4.76. The van der Waals surface area contributed by atoms with Crippen LogP contribution in [0.1, 0.15) is 37.6 Å². The summed E-state index contributed by atoms with van der Waals surface area (Å²) in [5.41, 5.74) is 2.04. The minimum absolute atomic E-state index is 0.0247. The highest BCUT2D eigenvalue weighted by Crippen LogP contribution is 2.28. The Morgan fingerprint density at radius 3 is 2.65 bits per heavy atom. The fourth-order valence-electron chi connectivity index (χ4n) is 2.87. The molecule has 2 N–H and O–H groups in total. The largest absolute Gasteiger partial charge is 0.494 e. The number of thiophene rings is 1. The van der Waals surface area contributed by atoms with Gasteiger partial charge in [-0.1, -0.05) is 23.7 Å². The van der Waals surface area contributed by atoms with Gasteiger partial charge in [0.1, 0.15) is 11.6 Å². The molecule has 0 spiro atoms. The van der Waals surface area contributed by atoms with Crippen molar-refractivity contribution < 1.29 is 18.7 Å². The molecule has 2 aromatic carbocycles. The number of ether oxygens (including phenoxy) is 1. The number of halogens is 2. The van der Waals surface area contributed by atoms with Crippen molar-refractivity contribution in [2.24, 2.45) is 0 Å². The van der Waals surface area contributed by atoms with Gasteiger partial charge in [0.15, 0.2) is 0 Å². The molecular formula is C23H22ClFN2O3S. The van der Waals surface area contributed by atoms with E-state index in [9.17, 15) is 14.0 Å². The van der Waals surface area contributed by atoms with E-state index in [0.29, 0.717) is 29.5 Å². The molecule has 8 heteroatoms. The van der Waals surface area contributed by atoms with Gasteiger partial charge in [0, 0.05) is 6.54 Å². The van der Waals surface area contributed by atoms with Crippen LogP contribution in [0.25, 0.3) is 0 Å². The summed E-state index contributed by atoms with van der Waals surface area (Å²) >= 11 is 7.10. The first kappa shape index (κ1) is 22.8. The molecular weight excluding hydrogens is 439 g/mol. The third-order valence-electron chi connectivity index (χ3n) is 4.40. The summed E-state index contributed by atoms with van der Waals surface area (Å²) < 4.78 is 18.8. The number of anilines is 1. The first-order valence-corrected chi connectivity index (χ1v) is 10.9. The predicted octanol–water partition coefficient (Wildman–Crippen LogP) is 5.61. The molecule has 1 heterocycles. The summed E-state index contributed by atoms with van der Waals surface area (Å²) in [4.78, 5) is 25.4. The summed E-state index contributed by atoms with van der Waals surface area (Å²) in [5.74, 6) is -0.385. The second-order valence-corrected chi connectivity index (χ2v) is 8.43. The van der Waals surface area contributed by atoms with Crippen LogP contribution in [0.3, 0.4) is 0 Å². The van der Waals surface area contributed by atoms with Gasteiger partial charge in [-0.15, -0.1) is 11.3 Å². The fourth-order valence-corrected chi connectivity index (χ4v) is 4.11. The minimum atomic E-state index is -0.517. The topological polar surface area (TPSA) is 67.4 Å². The second kappa shape index (κ2) is 10.4. The SMILES string of the molecule is Cc1cccc(OCCCNC(=O)c2sc(NC(=O)c3ccc(F)cc3Cl)cc2C)c1. The highest BCUT2D eigenvalue weighted by molar-refractivity contribution is 7.18. The van der Waals surface area contributed by atoms with Gasteiger partial charge in [-0.3, -0.25) is 9.59 Å². The predicted molar refractivity (Wildman–Crippen MR) is 122 cm³/mol. The lowest BCUT2D eigenvalue weighted by molar-refractivity contribution is 0.0954. The van der Waals surface area contributed by atoms with Crippen LogP contribution in [-0.2, 0) is 0 Å². The number of carbonyl (C=O) groups excluding carboxylic acids is 2. The Labute approximate surface area is 189 Å². The van der Waals surface area contributed by atoms with Crippen molar-refractivity contribution >= 4 is 39.8 Å². The Hall–Kier alpha value is -2.90.